The number of aromatic hydroxyl groups is 1. The van der Waals surface area contributed by atoms with Gasteiger partial charge >= 0.3 is 0 Å². The van der Waals surface area contributed by atoms with Gasteiger partial charge in [0, 0.05) is 16.1 Å². The lowest BCUT2D eigenvalue weighted by Crippen LogP contribution is -2.17. The zero-order valence-electron chi connectivity index (χ0n) is 11.2. The van der Waals surface area contributed by atoms with Crippen molar-refractivity contribution in [3.05, 3.63) is 51.7 Å². The van der Waals surface area contributed by atoms with E-state index >= 15 is 0 Å². The lowest BCUT2D eigenvalue weighted by Gasteiger charge is -2.24. The topological polar surface area (TPSA) is 56.6 Å². The average molecular weight is 350 g/mol. The lowest BCUT2D eigenvalue weighted by atomic mass is 10.0. The summed E-state index contributed by atoms with van der Waals surface area (Å²) in [5, 5.41) is 15.8. The summed E-state index contributed by atoms with van der Waals surface area (Å²) >= 11 is 3.23. The highest BCUT2D eigenvalue weighted by Crippen LogP contribution is 2.35. The first-order valence-electron chi connectivity index (χ1n) is 6.38. The third-order valence-corrected chi connectivity index (χ3v) is 3.82. The SMILES string of the molecule is Cc1cc2c(cc1O)NC=NC2Nc1ccc(Br)cc1F. The van der Waals surface area contributed by atoms with Crippen molar-refractivity contribution in [3.63, 3.8) is 0 Å². The monoisotopic (exact) mass is 349 g/mol. The van der Waals surface area contributed by atoms with Gasteiger partial charge in [0.2, 0.25) is 0 Å². The minimum atomic E-state index is -0.406. The summed E-state index contributed by atoms with van der Waals surface area (Å²) in [6, 6.07) is 8.30. The summed E-state index contributed by atoms with van der Waals surface area (Å²) in [5.41, 5.74) is 2.73. The van der Waals surface area contributed by atoms with Gasteiger partial charge in [-0.15, -0.1) is 0 Å². The Morgan fingerprint density at radius 3 is 2.90 bits per heavy atom. The molecule has 2 aromatic rings. The van der Waals surface area contributed by atoms with Gasteiger partial charge in [-0.05, 0) is 36.8 Å². The smallest absolute Gasteiger partial charge is 0.148 e. The molecule has 0 fully saturated rings. The van der Waals surface area contributed by atoms with Crippen molar-refractivity contribution < 1.29 is 9.50 Å². The molecule has 0 spiro atoms. The number of aliphatic imine (C=N–C) groups is 1. The van der Waals surface area contributed by atoms with Crippen molar-refractivity contribution in [2.45, 2.75) is 13.1 Å². The van der Waals surface area contributed by atoms with E-state index in [9.17, 15) is 9.50 Å². The van der Waals surface area contributed by atoms with Crippen LogP contribution < -0.4 is 10.6 Å². The molecule has 1 aliphatic rings. The Labute approximate surface area is 129 Å². The van der Waals surface area contributed by atoms with E-state index in [1.54, 1.807) is 18.2 Å². The molecule has 1 unspecified atom stereocenters. The summed E-state index contributed by atoms with van der Waals surface area (Å²) in [5.74, 6) is -0.139. The summed E-state index contributed by atoms with van der Waals surface area (Å²) in [7, 11) is 0. The highest BCUT2D eigenvalue weighted by molar-refractivity contribution is 9.10. The van der Waals surface area contributed by atoms with E-state index in [2.05, 4.69) is 31.6 Å². The fourth-order valence-electron chi connectivity index (χ4n) is 2.20. The first kappa shape index (κ1) is 13.9. The number of phenolic OH excluding ortho intramolecular Hbond substituents is 1. The molecule has 6 heteroatoms. The normalized spacial score (nSPS) is 16.2. The van der Waals surface area contributed by atoms with Crippen LogP contribution in [0.25, 0.3) is 0 Å². The second-order valence-electron chi connectivity index (χ2n) is 4.82. The molecule has 21 heavy (non-hydrogen) atoms. The van der Waals surface area contributed by atoms with Crippen LogP contribution in [0.5, 0.6) is 5.75 Å². The van der Waals surface area contributed by atoms with Crippen molar-refractivity contribution in [2.24, 2.45) is 4.99 Å². The fraction of sp³-hybridized carbons (Fsp3) is 0.133. The van der Waals surface area contributed by atoms with Crippen LogP contribution in [-0.4, -0.2) is 11.4 Å². The molecule has 3 rings (SSSR count). The summed E-state index contributed by atoms with van der Waals surface area (Å²) in [4.78, 5) is 4.29. The highest BCUT2D eigenvalue weighted by atomic mass is 79.9. The minimum Gasteiger partial charge on any atom is -0.508 e. The quantitative estimate of drug-likeness (QED) is 0.762. The van der Waals surface area contributed by atoms with E-state index in [-0.39, 0.29) is 11.6 Å². The van der Waals surface area contributed by atoms with Crippen LogP contribution >= 0.6 is 15.9 Å². The molecule has 0 aliphatic carbocycles. The third kappa shape index (κ3) is 2.71. The minimum absolute atomic E-state index is 0.213. The van der Waals surface area contributed by atoms with Gasteiger partial charge in [-0.2, -0.15) is 0 Å². The van der Waals surface area contributed by atoms with Gasteiger partial charge < -0.3 is 15.7 Å². The highest BCUT2D eigenvalue weighted by Gasteiger charge is 2.20. The number of hydrogen-bond acceptors (Lipinski definition) is 4. The maximum Gasteiger partial charge on any atom is 0.148 e. The van der Waals surface area contributed by atoms with Crippen LogP contribution in [-0.2, 0) is 0 Å². The number of aryl methyl sites for hydroxylation is 1. The van der Waals surface area contributed by atoms with Crippen LogP contribution in [0, 0.1) is 12.7 Å². The standard InChI is InChI=1S/C15H13BrFN3O/c1-8-4-10-13(6-14(8)21)18-7-19-15(10)20-12-3-2-9(16)5-11(12)17/h2-7,15,20-21H,1H3,(H,18,19). The number of fused-ring (bicyclic) bond motifs is 1. The van der Waals surface area contributed by atoms with E-state index in [0.717, 1.165) is 16.8 Å². The van der Waals surface area contributed by atoms with Gasteiger partial charge in [-0.3, -0.25) is 0 Å². The van der Waals surface area contributed by atoms with Crippen molar-refractivity contribution in [1.82, 2.24) is 0 Å². The molecule has 0 saturated carbocycles. The molecule has 4 nitrogen and oxygen atoms in total. The third-order valence-electron chi connectivity index (χ3n) is 3.33. The van der Waals surface area contributed by atoms with Crippen LogP contribution in [0.4, 0.5) is 15.8 Å². The van der Waals surface area contributed by atoms with Gasteiger partial charge in [0.15, 0.2) is 0 Å². The van der Waals surface area contributed by atoms with Crippen molar-refractivity contribution in [2.75, 3.05) is 10.6 Å². The molecular weight excluding hydrogens is 337 g/mol. The number of benzene rings is 2. The summed E-state index contributed by atoms with van der Waals surface area (Å²) in [6.07, 6.45) is 1.13. The number of nitrogens with zero attached hydrogens (tertiary/aromatic N) is 1. The van der Waals surface area contributed by atoms with Crippen LogP contribution in [0.2, 0.25) is 0 Å². The van der Waals surface area contributed by atoms with Crippen molar-refractivity contribution in [1.29, 1.82) is 0 Å². The summed E-state index contributed by atoms with van der Waals surface area (Å²) in [6.45, 7) is 1.81. The first-order chi connectivity index (χ1) is 10.0. The number of phenols is 1. The molecule has 0 amide bonds. The Balaban J connectivity index is 1.95. The molecule has 0 saturated heterocycles. The number of halogens is 2. The predicted octanol–water partition coefficient (Wildman–Crippen LogP) is 4.17. The first-order valence-corrected chi connectivity index (χ1v) is 7.17. The van der Waals surface area contributed by atoms with Crippen LogP contribution in [0.1, 0.15) is 17.3 Å². The molecule has 0 radical (unpaired) electrons. The Morgan fingerprint density at radius 2 is 2.14 bits per heavy atom. The number of nitrogens with one attached hydrogen (secondary N) is 2. The molecule has 3 N–H and O–H groups in total. The fourth-order valence-corrected chi connectivity index (χ4v) is 2.53. The van der Waals surface area contributed by atoms with E-state index in [4.69, 9.17) is 0 Å². The van der Waals surface area contributed by atoms with Gasteiger partial charge in [0.1, 0.15) is 17.7 Å². The Morgan fingerprint density at radius 1 is 1.33 bits per heavy atom. The molecule has 0 aromatic heterocycles. The number of anilines is 2. The molecule has 0 bridgehead atoms. The van der Waals surface area contributed by atoms with Gasteiger partial charge in [-0.1, -0.05) is 15.9 Å². The maximum absolute atomic E-state index is 13.9. The average Bonchev–Trinajstić information content (AvgIpc) is 2.44. The van der Waals surface area contributed by atoms with Crippen molar-refractivity contribution in [3.8, 4) is 5.75 Å². The van der Waals surface area contributed by atoms with E-state index < -0.39 is 6.17 Å². The Kier molecular flexibility index (Phi) is 3.55. The van der Waals surface area contributed by atoms with Crippen LogP contribution in [0.15, 0.2) is 39.8 Å². The lowest BCUT2D eigenvalue weighted by molar-refractivity contribution is 0.471. The number of hydrogen-bond donors (Lipinski definition) is 3. The molecule has 2 aromatic carbocycles. The zero-order valence-corrected chi connectivity index (χ0v) is 12.8. The molecule has 1 atom stereocenters. The Hall–Kier alpha value is -2.08. The second kappa shape index (κ2) is 5.37. The van der Waals surface area contributed by atoms with Crippen LogP contribution in [0.3, 0.4) is 0 Å². The molecule has 108 valence electrons. The molecule has 1 aliphatic heterocycles. The molecular formula is C15H13BrFN3O. The number of rotatable bonds is 2. The van der Waals surface area contributed by atoms with Gasteiger partial charge in [-0.25, -0.2) is 9.38 Å². The second-order valence-corrected chi connectivity index (χ2v) is 5.74. The van der Waals surface area contributed by atoms with E-state index in [1.807, 2.05) is 13.0 Å². The zero-order chi connectivity index (χ0) is 15.0. The van der Waals surface area contributed by atoms with E-state index in [0.29, 0.717) is 10.2 Å². The largest absolute Gasteiger partial charge is 0.508 e. The summed E-state index contributed by atoms with van der Waals surface area (Å²) < 4.78 is 14.6. The van der Waals surface area contributed by atoms with Gasteiger partial charge in [0.05, 0.1) is 17.7 Å². The van der Waals surface area contributed by atoms with Crippen molar-refractivity contribution >= 4 is 33.6 Å². The van der Waals surface area contributed by atoms with Gasteiger partial charge in [0.25, 0.3) is 0 Å². The maximum atomic E-state index is 13.9. The Bertz CT molecular complexity index is 733. The molecule has 1 heterocycles. The predicted molar refractivity (Wildman–Crippen MR) is 85.4 cm³/mol. The van der Waals surface area contributed by atoms with E-state index in [1.165, 1.54) is 12.4 Å².